The zero-order chi connectivity index (χ0) is 16.8. The molecule has 6 nitrogen and oxygen atoms in total. The Morgan fingerprint density at radius 1 is 1.00 bits per heavy atom. The minimum Gasteiger partial charge on any atom is -0.463 e. The third-order valence-corrected chi connectivity index (χ3v) is 3.04. The van der Waals surface area contributed by atoms with Crippen molar-refractivity contribution in [2.45, 2.75) is 46.0 Å². The highest BCUT2D eigenvalue weighted by atomic mass is 16.6. The van der Waals surface area contributed by atoms with E-state index in [1.54, 1.807) is 6.92 Å². The molecular formula is C16H26O6. The zero-order valence-electron chi connectivity index (χ0n) is 13.5. The van der Waals surface area contributed by atoms with Crippen LogP contribution < -0.4 is 0 Å². The second-order valence-corrected chi connectivity index (χ2v) is 4.88. The van der Waals surface area contributed by atoms with E-state index in [1.165, 1.54) is 0 Å². The first-order chi connectivity index (χ1) is 10.5. The quantitative estimate of drug-likeness (QED) is 0.238. The predicted molar refractivity (Wildman–Crippen MR) is 81.0 cm³/mol. The van der Waals surface area contributed by atoms with Crippen LogP contribution in [0.4, 0.5) is 0 Å². The number of rotatable bonds is 12. The van der Waals surface area contributed by atoms with Gasteiger partial charge in [-0.25, -0.2) is 4.79 Å². The van der Waals surface area contributed by atoms with E-state index >= 15 is 0 Å². The summed E-state index contributed by atoms with van der Waals surface area (Å²) in [7, 11) is 0. The van der Waals surface area contributed by atoms with Gasteiger partial charge in [0, 0.05) is 12.5 Å². The van der Waals surface area contributed by atoms with Crippen molar-refractivity contribution in [3.63, 3.8) is 0 Å². The van der Waals surface area contributed by atoms with Crippen LogP contribution in [0.1, 0.15) is 46.0 Å². The van der Waals surface area contributed by atoms with Crippen LogP contribution in [0.25, 0.3) is 0 Å². The molecule has 0 aromatic rings. The number of hydrogen-bond donors (Lipinski definition) is 0. The third-order valence-electron chi connectivity index (χ3n) is 3.04. The lowest BCUT2D eigenvalue weighted by Gasteiger charge is -2.09. The summed E-state index contributed by atoms with van der Waals surface area (Å²) in [5, 5.41) is 0. The highest BCUT2D eigenvalue weighted by molar-refractivity contribution is 5.81. The van der Waals surface area contributed by atoms with Gasteiger partial charge >= 0.3 is 17.9 Å². The SMILES string of the molecule is C=CC(=O)OCCCCCC(=O)OCCOC(=O)C(C)CC. The summed E-state index contributed by atoms with van der Waals surface area (Å²) in [5.74, 6) is -1.16. The van der Waals surface area contributed by atoms with E-state index in [0.29, 0.717) is 25.9 Å². The molecule has 0 spiro atoms. The van der Waals surface area contributed by atoms with E-state index in [9.17, 15) is 14.4 Å². The summed E-state index contributed by atoms with van der Waals surface area (Å²) in [6.45, 7) is 7.49. The highest BCUT2D eigenvalue weighted by Crippen LogP contribution is 2.04. The molecule has 0 N–H and O–H groups in total. The molecule has 0 saturated carbocycles. The molecule has 0 bridgehead atoms. The molecule has 0 aliphatic carbocycles. The molecule has 0 aliphatic rings. The van der Waals surface area contributed by atoms with E-state index in [2.05, 4.69) is 6.58 Å². The Morgan fingerprint density at radius 2 is 1.68 bits per heavy atom. The monoisotopic (exact) mass is 314 g/mol. The van der Waals surface area contributed by atoms with Crippen LogP contribution in [0.2, 0.25) is 0 Å². The van der Waals surface area contributed by atoms with Crippen LogP contribution in [0.5, 0.6) is 0 Å². The molecule has 126 valence electrons. The van der Waals surface area contributed by atoms with E-state index in [0.717, 1.165) is 18.9 Å². The fraction of sp³-hybridized carbons (Fsp3) is 0.688. The molecule has 0 saturated heterocycles. The maximum Gasteiger partial charge on any atom is 0.330 e. The molecule has 0 aliphatic heterocycles. The van der Waals surface area contributed by atoms with Gasteiger partial charge in [-0.2, -0.15) is 0 Å². The van der Waals surface area contributed by atoms with Crippen molar-refractivity contribution in [1.82, 2.24) is 0 Å². The Kier molecular flexibility index (Phi) is 11.8. The maximum absolute atomic E-state index is 11.4. The number of carbonyl (C=O) groups excluding carboxylic acids is 3. The van der Waals surface area contributed by atoms with Crippen LogP contribution in [-0.4, -0.2) is 37.7 Å². The molecule has 0 aromatic heterocycles. The smallest absolute Gasteiger partial charge is 0.330 e. The number of carbonyl (C=O) groups is 3. The lowest BCUT2D eigenvalue weighted by molar-refractivity contribution is -0.154. The van der Waals surface area contributed by atoms with Gasteiger partial charge < -0.3 is 14.2 Å². The van der Waals surface area contributed by atoms with Crippen molar-refractivity contribution in [2.75, 3.05) is 19.8 Å². The zero-order valence-corrected chi connectivity index (χ0v) is 13.5. The summed E-state index contributed by atoms with van der Waals surface area (Å²) in [6, 6.07) is 0. The minimum atomic E-state index is -0.439. The van der Waals surface area contributed by atoms with Gasteiger partial charge in [-0.15, -0.1) is 0 Å². The standard InChI is InChI=1S/C16H26O6/c1-4-13(3)16(19)22-12-11-21-15(18)9-7-6-8-10-20-14(17)5-2/h5,13H,2,4,6-12H2,1,3H3. The van der Waals surface area contributed by atoms with Crippen LogP contribution in [0.15, 0.2) is 12.7 Å². The molecule has 22 heavy (non-hydrogen) atoms. The van der Waals surface area contributed by atoms with Crippen molar-refractivity contribution < 1.29 is 28.6 Å². The van der Waals surface area contributed by atoms with E-state index in [1.807, 2.05) is 6.92 Å². The van der Waals surface area contributed by atoms with Gasteiger partial charge in [0.1, 0.15) is 13.2 Å². The van der Waals surface area contributed by atoms with Gasteiger partial charge in [0.15, 0.2) is 0 Å². The fourth-order valence-corrected chi connectivity index (χ4v) is 1.46. The molecule has 1 atom stereocenters. The predicted octanol–water partition coefficient (Wildman–Crippen LogP) is 2.41. The lowest BCUT2D eigenvalue weighted by Crippen LogP contribution is -2.18. The van der Waals surface area contributed by atoms with Crippen molar-refractivity contribution in [3.8, 4) is 0 Å². The Balaban J connectivity index is 3.45. The number of ether oxygens (including phenoxy) is 3. The normalized spacial score (nSPS) is 11.4. The largest absolute Gasteiger partial charge is 0.463 e. The molecule has 0 aromatic carbocycles. The maximum atomic E-state index is 11.4. The second kappa shape index (κ2) is 12.9. The average Bonchev–Trinajstić information content (AvgIpc) is 2.53. The van der Waals surface area contributed by atoms with Crippen molar-refractivity contribution in [2.24, 2.45) is 5.92 Å². The topological polar surface area (TPSA) is 78.9 Å². The molecule has 1 unspecified atom stereocenters. The van der Waals surface area contributed by atoms with Gasteiger partial charge in [-0.1, -0.05) is 20.4 Å². The first-order valence-corrected chi connectivity index (χ1v) is 7.62. The van der Waals surface area contributed by atoms with Gasteiger partial charge in [0.05, 0.1) is 12.5 Å². The first-order valence-electron chi connectivity index (χ1n) is 7.62. The molecule has 6 heteroatoms. The molecule has 0 rings (SSSR count). The minimum absolute atomic E-state index is 0.0813. The molecule has 0 heterocycles. The summed E-state index contributed by atoms with van der Waals surface area (Å²) in [6.07, 6.45) is 4.26. The lowest BCUT2D eigenvalue weighted by atomic mass is 10.1. The molecule has 0 fully saturated rings. The Hall–Kier alpha value is -1.85. The molecule has 0 radical (unpaired) electrons. The molecule has 0 amide bonds. The van der Waals surface area contributed by atoms with Crippen LogP contribution in [0, 0.1) is 5.92 Å². The Bertz CT molecular complexity index is 364. The van der Waals surface area contributed by atoms with Gasteiger partial charge in [0.25, 0.3) is 0 Å². The van der Waals surface area contributed by atoms with E-state index in [4.69, 9.17) is 14.2 Å². The average molecular weight is 314 g/mol. The number of esters is 3. The summed E-state index contributed by atoms with van der Waals surface area (Å²) in [4.78, 5) is 33.5. The Morgan fingerprint density at radius 3 is 2.32 bits per heavy atom. The Labute approximate surface area is 131 Å². The fourth-order valence-electron chi connectivity index (χ4n) is 1.46. The van der Waals surface area contributed by atoms with Crippen LogP contribution in [-0.2, 0) is 28.6 Å². The summed E-state index contributed by atoms with van der Waals surface area (Å²) < 4.78 is 14.7. The van der Waals surface area contributed by atoms with E-state index in [-0.39, 0.29) is 31.1 Å². The highest BCUT2D eigenvalue weighted by Gasteiger charge is 2.11. The second-order valence-electron chi connectivity index (χ2n) is 4.88. The summed E-state index contributed by atoms with van der Waals surface area (Å²) >= 11 is 0. The van der Waals surface area contributed by atoms with Crippen LogP contribution >= 0.6 is 0 Å². The first kappa shape index (κ1) is 20.1. The third kappa shape index (κ3) is 10.9. The number of hydrogen-bond acceptors (Lipinski definition) is 6. The number of unbranched alkanes of at least 4 members (excludes halogenated alkanes) is 2. The van der Waals surface area contributed by atoms with Crippen molar-refractivity contribution in [3.05, 3.63) is 12.7 Å². The van der Waals surface area contributed by atoms with Gasteiger partial charge in [-0.05, 0) is 25.7 Å². The van der Waals surface area contributed by atoms with Crippen molar-refractivity contribution in [1.29, 1.82) is 0 Å². The summed E-state index contributed by atoms with van der Waals surface area (Å²) in [5.41, 5.74) is 0. The molecular weight excluding hydrogens is 288 g/mol. The van der Waals surface area contributed by atoms with Crippen molar-refractivity contribution >= 4 is 17.9 Å². The van der Waals surface area contributed by atoms with Gasteiger partial charge in [0.2, 0.25) is 0 Å². The van der Waals surface area contributed by atoms with Gasteiger partial charge in [-0.3, -0.25) is 9.59 Å². The van der Waals surface area contributed by atoms with Crippen LogP contribution in [0.3, 0.4) is 0 Å². The van der Waals surface area contributed by atoms with E-state index < -0.39 is 5.97 Å².